The summed E-state index contributed by atoms with van der Waals surface area (Å²) in [5.74, 6) is -1.06. The van der Waals surface area contributed by atoms with Crippen molar-refractivity contribution in [1.29, 1.82) is 0 Å². The van der Waals surface area contributed by atoms with E-state index in [4.69, 9.17) is 32.7 Å². The molecular weight excluding hydrogens is 467 g/mol. The summed E-state index contributed by atoms with van der Waals surface area (Å²) in [7, 11) is 0. The number of nitrogens with one attached hydrogen (secondary N) is 1. The summed E-state index contributed by atoms with van der Waals surface area (Å²) in [5, 5.41) is 11.9. The van der Waals surface area contributed by atoms with Crippen LogP contribution in [0.3, 0.4) is 0 Å². The standard InChI is InChI=1S/C21H23Cl2F2N3O4/c22-17-3-1-15(9-19(17)24)31-12-14(29)11-27-5-7-28(8-6-27)26-21(30)13-32-16-2-4-18(23)20(25)10-16/h1-4,9-10,14,29H,5-8,11-13H2,(H,26,30)/t14-/m0/s1. The second-order valence-electron chi connectivity index (χ2n) is 7.23. The third-order valence-electron chi connectivity index (χ3n) is 4.72. The molecule has 1 fully saturated rings. The number of carbonyl (C=O) groups is 1. The normalized spacial score (nSPS) is 15.9. The number of hydrogen-bond acceptors (Lipinski definition) is 6. The van der Waals surface area contributed by atoms with Crippen molar-refractivity contribution >= 4 is 29.1 Å². The molecule has 1 aliphatic rings. The van der Waals surface area contributed by atoms with Crippen molar-refractivity contribution in [2.75, 3.05) is 45.9 Å². The minimum absolute atomic E-state index is 0.00768. The lowest BCUT2D eigenvalue weighted by Crippen LogP contribution is -2.55. The number of hydrogen-bond donors (Lipinski definition) is 2. The number of benzene rings is 2. The van der Waals surface area contributed by atoms with Gasteiger partial charge in [0.2, 0.25) is 0 Å². The van der Waals surface area contributed by atoms with E-state index >= 15 is 0 Å². The first-order valence-corrected chi connectivity index (χ1v) is 10.7. The lowest BCUT2D eigenvalue weighted by atomic mass is 10.3. The molecule has 1 saturated heterocycles. The molecule has 1 atom stereocenters. The van der Waals surface area contributed by atoms with Gasteiger partial charge in [-0.05, 0) is 24.3 Å². The number of nitrogens with zero attached hydrogens (tertiary/aromatic N) is 2. The van der Waals surface area contributed by atoms with Crippen molar-refractivity contribution < 1.29 is 28.2 Å². The topological polar surface area (TPSA) is 74.3 Å². The number of halogens is 4. The number of aliphatic hydroxyl groups is 1. The molecule has 2 aromatic rings. The molecule has 174 valence electrons. The average molecular weight is 490 g/mol. The molecular formula is C21H23Cl2F2N3O4. The zero-order chi connectivity index (χ0) is 23.1. The Labute approximate surface area is 194 Å². The van der Waals surface area contributed by atoms with E-state index in [0.29, 0.717) is 38.5 Å². The molecule has 1 aliphatic heterocycles. The van der Waals surface area contributed by atoms with E-state index in [-0.39, 0.29) is 34.9 Å². The summed E-state index contributed by atoms with van der Waals surface area (Å²) in [5.41, 5.74) is 2.73. The van der Waals surface area contributed by atoms with Gasteiger partial charge in [0.1, 0.15) is 35.8 Å². The molecule has 32 heavy (non-hydrogen) atoms. The van der Waals surface area contributed by atoms with E-state index in [1.54, 1.807) is 5.01 Å². The average Bonchev–Trinajstić information content (AvgIpc) is 2.77. The number of rotatable bonds is 9. The van der Waals surface area contributed by atoms with Crippen molar-refractivity contribution in [3.05, 3.63) is 58.1 Å². The predicted octanol–water partition coefficient (Wildman–Crippen LogP) is 2.74. The van der Waals surface area contributed by atoms with Crippen LogP contribution in [0.4, 0.5) is 8.78 Å². The molecule has 1 heterocycles. The van der Waals surface area contributed by atoms with E-state index in [0.717, 1.165) is 6.07 Å². The van der Waals surface area contributed by atoms with Crippen LogP contribution in [0, 0.1) is 11.6 Å². The Balaban J connectivity index is 1.33. The van der Waals surface area contributed by atoms with Gasteiger partial charge in [0.25, 0.3) is 5.91 Å². The van der Waals surface area contributed by atoms with Crippen LogP contribution in [0.25, 0.3) is 0 Å². The molecule has 0 aromatic heterocycles. The van der Waals surface area contributed by atoms with Crippen molar-refractivity contribution in [3.8, 4) is 11.5 Å². The molecule has 2 aromatic carbocycles. The van der Waals surface area contributed by atoms with Crippen molar-refractivity contribution in [2.45, 2.75) is 6.10 Å². The maximum absolute atomic E-state index is 13.4. The maximum atomic E-state index is 13.4. The Morgan fingerprint density at radius 3 is 2.12 bits per heavy atom. The lowest BCUT2D eigenvalue weighted by molar-refractivity contribution is -0.129. The number of piperazine rings is 1. The van der Waals surface area contributed by atoms with Gasteiger partial charge in [-0.1, -0.05) is 23.2 Å². The van der Waals surface area contributed by atoms with E-state index in [1.165, 1.54) is 30.3 Å². The van der Waals surface area contributed by atoms with Gasteiger partial charge in [-0.3, -0.25) is 15.1 Å². The van der Waals surface area contributed by atoms with Crippen molar-refractivity contribution in [3.63, 3.8) is 0 Å². The van der Waals surface area contributed by atoms with Gasteiger partial charge < -0.3 is 14.6 Å². The molecule has 11 heteroatoms. The number of amides is 1. The third-order valence-corrected chi connectivity index (χ3v) is 5.33. The van der Waals surface area contributed by atoms with Crippen LogP contribution in [-0.4, -0.2) is 73.0 Å². The minimum Gasteiger partial charge on any atom is -0.491 e. The summed E-state index contributed by atoms with van der Waals surface area (Å²) in [6.45, 7) is 2.48. The molecule has 7 nitrogen and oxygen atoms in total. The summed E-state index contributed by atoms with van der Waals surface area (Å²) in [6, 6.07) is 8.06. The fraction of sp³-hybridized carbons (Fsp3) is 0.381. The molecule has 0 aliphatic carbocycles. The maximum Gasteiger partial charge on any atom is 0.272 e. The van der Waals surface area contributed by atoms with Crippen LogP contribution < -0.4 is 14.9 Å². The summed E-state index contributed by atoms with van der Waals surface area (Å²) >= 11 is 11.2. The van der Waals surface area contributed by atoms with Crippen LogP contribution in [0.2, 0.25) is 10.0 Å². The highest BCUT2D eigenvalue weighted by molar-refractivity contribution is 6.31. The van der Waals surface area contributed by atoms with Crippen molar-refractivity contribution in [2.24, 2.45) is 0 Å². The second kappa shape index (κ2) is 11.6. The van der Waals surface area contributed by atoms with Gasteiger partial charge in [0, 0.05) is 44.9 Å². The molecule has 0 unspecified atom stereocenters. The van der Waals surface area contributed by atoms with Crippen LogP contribution in [0.1, 0.15) is 0 Å². The van der Waals surface area contributed by atoms with Gasteiger partial charge in [0.15, 0.2) is 6.61 Å². The Morgan fingerprint density at radius 2 is 1.56 bits per heavy atom. The van der Waals surface area contributed by atoms with Crippen LogP contribution in [0.15, 0.2) is 36.4 Å². The number of aliphatic hydroxyl groups excluding tert-OH is 1. The lowest BCUT2D eigenvalue weighted by Gasteiger charge is -2.35. The Morgan fingerprint density at radius 1 is 1.00 bits per heavy atom. The molecule has 0 saturated carbocycles. The smallest absolute Gasteiger partial charge is 0.272 e. The van der Waals surface area contributed by atoms with Gasteiger partial charge >= 0.3 is 0 Å². The molecule has 2 N–H and O–H groups in total. The zero-order valence-corrected chi connectivity index (χ0v) is 18.6. The predicted molar refractivity (Wildman–Crippen MR) is 116 cm³/mol. The first-order chi connectivity index (χ1) is 15.3. The van der Waals surface area contributed by atoms with Gasteiger partial charge in [-0.15, -0.1) is 0 Å². The number of carbonyl (C=O) groups excluding carboxylic acids is 1. The first kappa shape index (κ1) is 24.5. The van der Waals surface area contributed by atoms with Crippen LogP contribution in [-0.2, 0) is 4.79 Å². The quantitative estimate of drug-likeness (QED) is 0.564. The second-order valence-corrected chi connectivity index (χ2v) is 8.04. The van der Waals surface area contributed by atoms with Crippen LogP contribution >= 0.6 is 23.2 Å². The van der Waals surface area contributed by atoms with Gasteiger partial charge in [0.05, 0.1) is 10.0 Å². The molecule has 3 rings (SSSR count). The highest BCUT2D eigenvalue weighted by Crippen LogP contribution is 2.21. The van der Waals surface area contributed by atoms with Gasteiger partial charge in [-0.25, -0.2) is 13.8 Å². The van der Waals surface area contributed by atoms with Gasteiger partial charge in [-0.2, -0.15) is 0 Å². The summed E-state index contributed by atoms with van der Waals surface area (Å²) < 4.78 is 37.5. The van der Waals surface area contributed by atoms with E-state index in [2.05, 4.69) is 5.43 Å². The van der Waals surface area contributed by atoms with Crippen LogP contribution in [0.5, 0.6) is 11.5 Å². The Hall–Kier alpha value is -2.17. The first-order valence-electron chi connectivity index (χ1n) is 9.90. The Kier molecular flexibility index (Phi) is 8.89. The molecule has 1 amide bonds. The number of β-amino-alcohol motifs (C(OH)–C–C–N with tert-alkyl or cyclic N) is 1. The fourth-order valence-electron chi connectivity index (χ4n) is 3.08. The van der Waals surface area contributed by atoms with Crippen molar-refractivity contribution in [1.82, 2.24) is 15.3 Å². The molecule has 0 radical (unpaired) electrons. The largest absolute Gasteiger partial charge is 0.491 e. The highest BCUT2D eigenvalue weighted by atomic mass is 35.5. The molecule has 0 bridgehead atoms. The third kappa shape index (κ3) is 7.46. The van der Waals surface area contributed by atoms with E-state index in [9.17, 15) is 18.7 Å². The summed E-state index contributed by atoms with van der Waals surface area (Å²) in [6.07, 6.45) is -0.761. The van der Waals surface area contributed by atoms with E-state index in [1.807, 2.05) is 4.90 Å². The number of ether oxygens (including phenoxy) is 2. The highest BCUT2D eigenvalue weighted by Gasteiger charge is 2.21. The molecule has 0 spiro atoms. The zero-order valence-electron chi connectivity index (χ0n) is 17.1. The Bertz CT molecular complexity index is 930. The SMILES string of the molecule is O=C(COc1ccc(Cl)c(F)c1)NN1CCN(C[C@H](O)COc2ccc(Cl)c(F)c2)CC1. The minimum atomic E-state index is -0.761. The number of hydrazine groups is 1. The fourth-order valence-corrected chi connectivity index (χ4v) is 3.31. The van der Waals surface area contributed by atoms with E-state index < -0.39 is 17.7 Å². The summed E-state index contributed by atoms with van der Waals surface area (Å²) in [4.78, 5) is 14.1. The monoisotopic (exact) mass is 489 g/mol.